The zero-order valence-corrected chi connectivity index (χ0v) is 16.7. The Labute approximate surface area is 161 Å². The molecule has 27 heavy (non-hydrogen) atoms. The number of anilines is 4. The molecule has 3 rings (SSSR count). The molecule has 0 radical (unpaired) electrons. The average molecular weight is 361 g/mol. The number of para-hydroxylation sites is 1. The van der Waals surface area contributed by atoms with E-state index in [0.717, 1.165) is 23.7 Å². The summed E-state index contributed by atoms with van der Waals surface area (Å²) in [6, 6.07) is 16.6. The third-order valence-corrected chi connectivity index (χ3v) is 4.43. The molecular weight excluding hydrogens is 334 g/mol. The predicted octanol–water partition coefficient (Wildman–Crippen LogP) is 5.38. The van der Waals surface area contributed by atoms with Gasteiger partial charge in [-0.1, -0.05) is 51.1 Å². The maximum atomic E-state index is 4.71. The van der Waals surface area contributed by atoms with Crippen LogP contribution in [0.1, 0.15) is 38.8 Å². The lowest BCUT2D eigenvalue weighted by Crippen LogP contribution is -2.19. The molecule has 0 fully saturated rings. The van der Waals surface area contributed by atoms with E-state index in [4.69, 9.17) is 4.98 Å². The second kappa shape index (κ2) is 7.74. The van der Waals surface area contributed by atoms with E-state index in [9.17, 15) is 0 Å². The summed E-state index contributed by atoms with van der Waals surface area (Å²) in [6.45, 7) is 11.6. The first-order chi connectivity index (χ1) is 12.9. The molecule has 0 saturated carbocycles. The van der Waals surface area contributed by atoms with Gasteiger partial charge in [-0.2, -0.15) is 10.1 Å². The molecule has 0 aliphatic rings. The van der Waals surface area contributed by atoms with Crippen LogP contribution in [0, 0.1) is 6.92 Å². The molecule has 1 N–H and O–H groups in total. The summed E-state index contributed by atoms with van der Waals surface area (Å²) in [5.41, 5.74) is 4.54. The molecule has 0 spiro atoms. The lowest BCUT2D eigenvalue weighted by atomic mass is 9.86. The second-order valence-electron chi connectivity index (χ2n) is 7.64. The molecule has 140 valence electrons. The average Bonchev–Trinajstić information content (AvgIpc) is 2.62. The summed E-state index contributed by atoms with van der Waals surface area (Å²) < 4.78 is 0. The van der Waals surface area contributed by atoms with Crippen molar-refractivity contribution < 1.29 is 0 Å². The molecule has 2 aromatic carbocycles. The number of benzene rings is 2. The van der Waals surface area contributed by atoms with Crippen molar-refractivity contribution in [2.24, 2.45) is 0 Å². The fraction of sp³-hybridized carbons (Fsp3) is 0.318. The van der Waals surface area contributed by atoms with Gasteiger partial charge >= 0.3 is 0 Å². The molecule has 0 atom stereocenters. The number of hydrogen-bond acceptors (Lipinski definition) is 5. The van der Waals surface area contributed by atoms with Crippen LogP contribution in [0.4, 0.5) is 23.1 Å². The zero-order chi connectivity index (χ0) is 19.4. The third kappa shape index (κ3) is 4.42. The van der Waals surface area contributed by atoms with Gasteiger partial charge in [0.05, 0.1) is 6.20 Å². The fourth-order valence-electron chi connectivity index (χ4n) is 3.12. The van der Waals surface area contributed by atoms with E-state index >= 15 is 0 Å². The monoisotopic (exact) mass is 361 g/mol. The van der Waals surface area contributed by atoms with Crippen molar-refractivity contribution >= 4 is 23.1 Å². The lowest BCUT2D eigenvalue weighted by Gasteiger charge is -2.24. The molecule has 0 saturated heterocycles. The van der Waals surface area contributed by atoms with Crippen molar-refractivity contribution in [2.45, 2.75) is 40.0 Å². The molecule has 0 aliphatic carbocycles. The largest absolute Gasteiger partial charge is 0.325 e. The van der Waals surface area contributed by atoms with Crippen LogP contribution in [0.5, 0.6) is 0 Å². The van der Waals surface area contributed by atoms with E-state index in [0.29, 0.717) is 5.95 Å². The van der Waals surface area contributed by atoms with Gasteiger partial charge < -0.3 is 10.2 Å². The van der Waals surface area contributed by atoms with Crippen LogP contribution in [0.3, 0.4) is 0 Å². The number of rotatable bonds is 5. The highest BCUT2D eigenvalue weighted by molar-refractivity contribution is 5.64. The minimum atomic E-state index is 0.0195. The molecule has 0 aliphatic heterocycles. The van der Waals surface area contributed by atoms with Gasteiger partial charge in [0.2, 0.25) is 5.95 Å². The van der Waals surface area contributed by atoms with Gasteiger partial charge in [-0.15, -0.1) is 5.10 Å². The van der Waals surface area contributed by atoms with E-state index in [1.165, 1.54) is 11.1 Å². The van der Waals surface area contributed by atoms with Crippen molar-refractivity contribution in [1.29, 1.82) is 0 Å². The molecular formula is C22H27N5. The summed E-state index contributed by atoms with van der Waals surface area (Å²) >= 11 is 0. The number of aryl methyl sites for hydroxylation is 1. The van der Waals surface area contributed by atoms with Gasteiger partial charge in [-0.25, -0.2) is 0 Å². The summed E-state index contributed by atoms with van der Waals surface area (Å²) in [7, 11) is 0. The van der Waals surface area contributed by atoms with Crippen molar-refractivity contribution in [3.8, 4) is 0 Å². The van der Waals surface area contributed by atoms with Crippen LogP contribution in [-0.4, -0.2) is 21.7 Å². The normalized spacial score (nSPS) is 11.3. The number of nitrogens with one attached hydrogen (secondary N) is 1. The maximum Gasteiger partial charge on any atom is 0.249 e. The molecule has 0 bridgehead atoms. The van der Waals surface area contributed by atoms with E-state index in [1.54, 1.807) is 6.20 Å². The van der Waals surface area contributed by atoms with Crippen LogP contribution >= 0.6 is 0 Å². The van der Waals surface area contributed by atoms with E-state index < -0.39 is 0 Å². The van der Waals surface area contributed by atoms with E-state index in [1.807, 2.05) is 6.07 Å². The summed E-state index contributed by atoms with van der Waals surface area (Å²) in [6.07, 6.45) is 1.70. The maximum absolute atomic E-state index is 4.71. The predicted molar refractivity (Wildman–Crippen MR) is 112 cm³/mol. The number of nitrogens with zero attached hydrogens (tertiary/aromatic N) is 4. The SMILES string of the molecule is CCN(c1cccc(C)c1)c1cnnc(Nc2ccccc2C(C)(C)C)n1. The van der Waals surface area contributed by atoms with Crippen molar-refractivity contribution in [1.82, 2.24) is 15.2 Å². The van der Waals surface area contributed by atoms with Crippen LogP contribution < -0.4 is 10.2 Å². The number of hydrogen-bond donors (Lipinski definition) is 1. The van der Waals surface area contributed by atoms with E-state index in [-0.39, 0.29) is 5.41 Å². The second-order valence-corrected chi connectivity index (χ2v) is 7.64. The first-order valence-corrected chi connectivity index (χ1v) is 9.29. The fourth-order valence-corrected chi connectivity index (χ4v) is 3.12. The smallest absolute Gasteiger partial charge is 0.249 e. The summed E-state index contributed by atoms with van der Waals surface area (Å²) in [5, 5.41) is 11.7. The van der Waals surface area contributed by atoms with Gasteiger partial charge in [0.25, 0.3) is 0 Å². The van der Waals surface area contributed by atoms with Crippen molar-refractivity contribution in [3.63, 3.8) is 0 Å². The summed E-state index contributed by atoms with van der Waals surface area (Å²) in [5.74, 6) is 1.27. The standard InChI is InChI=1S/C22H27N5/c1-6-27(17-11-9-10-16(2)14-17)20-15-23-26-21(25-20)24-19-13-8-7-12-18(19)22(3,4)5/h7-15H,6H2,1-5H3,(H,24,25,26). The van der Waals surface area contributed by atoms with Gasteiger partial charge in [0, 0.05) is 17.9 Å². The Morgan fingerprint density at radius 3 is 2.52 bits per heavy atom. The molecule has 5 nitrogen and oxygen atoms in total. The van der Waals surface area contributed by atoms with Gasteiger partial charge in [-0.3, -0.25) is 0 Å². The minimum absolute atomic E-state index is 0.0195. The molecule has 1 heterocycles. The molecule has 0 amide bonds. The Bertz CT molecular complexity index is 914. The lowest BCUT2D eigenvalue weighted by molar-refractivity contribution is 0.592. The van der Waals surface area contributed by atoms with Crippen molar-refractivity contribution in [2.75, 3.05) is 16.8 Å². The highest BCUT2D eigenvalue weighted by atomic mass is 15.3. The quantitative estimate of drug-likeness (QED) is 0.661. The molecule has 5 heteroatoms. The highest BCUT2D eigenvalue weighted by Crippen LogP contribution is 2.31. The Balaban J connectivity index is 1.93. The van der Waals surface area contributed by atoms with Crippen LogP contribution in [0.25, 0.3) is 0 Å². The molecule has 3 aromatic rings. The van der Waals surface area contributed by atoms with Crippen molar-refractivity contribution in [3.05, 3.63) is 65.9 Å². The Kier molecular flexibility index (Phi) is 5.40. The third-order valence-electron chi connectivity index (χ3n) is 4.43. The first-order valence-electron chi connectivity index (χ1n) is 9.29. The zero-order valence-electron chi connectivity index (χ0n) is 16.7. The summed E-state index contributed by atoms with van der Waals surface area (Å²) in [4.78, 5) is 6.84. The topological polar surface area (TPSA) is 53.9 Å². The van der Waals surface area contributed by atoms with Crippen LogP contribution in [0.2, 0.25) is 0 Å². The Morgan fingerprint density at radius 1 is 1.04 bits per heavy atom. The van der Waals surface area contributed by atoms with Crippen LogP contribution in [-0.2, 0) is 5.41 Å². The van der Waals surface area contributed by atoms with Gasteiger partial charge in [0.15, 0.2) is 5.82 Å². The van der Waals surface area contributed by atoms with Crippen LogP contribution in [0.15, 0.2) is 54.7 Å². The van der Waals surface area contributed by atoms with Gasteiger partial charge in [-0.05, 0) is 48.6 Å². The highest BCUT2D eigenvalue weighted by Gasteiger charge is 2.18. The molecule has 1 aromatic heterocycles. The Morgan fingerprint density at radius 2 is 1.81 bits per heavy atom. The first kappa shape index (κ1) is 18.8. The van der Waals surface area contributed by atoms with Gasteiger partial charge in [0.1, 0.15) is 0 Å². The van der Waals surface area contributed by atoms with E-state index in [2.05, 4.69) is 97.5 Å². The number of aromatic nitrogens is 3. The molecule has 0 unspecified atom stereocenters. The Hall–Kier alpha value is -2.95. The minimum Gasteiger partial charge on any atom is -0.325 e.